The number of hydrogen-bond donors (Lipinski definition) is 3. The third-order valence-corrected chi connectivity index (χ3v) is 3.72. The van der Waals surface area contributed by atoms with Gasteiger partial charge in [0.15, 0.2) is 11.7 Å². The molecule has 1 aromatic carbocycles. The van der Waals surface area contributed by atoms with Gasteiger partial charge in [-0.15, -0.1) is 0 Å². The molecule has 0 atom stereocenters. The number of aromatic nitrogens is 2. The van der Waals surface area contributed by atoms with Crippen LogP contribution in [0.15, 0.2) is 40.5 Å². The van der Waals surface area contributed by atoms with E-state index in [1.54, 1.807) is 30.1 Å². The molecule has 8 heteroatoms. The van der Waals surface area contributed by atoms with Gasteiger partial charge in [0.2, 0.25) is 0 Å². The van der Waals surface area contributed by atoms with Crippen molar-refractivity contribution < 1.29 is 5.21 Å². The number of benzene rings is 1. The summed E-state index contributed by atoms with van der Waals surface area (Å²) in [6.45, 7) is 0. The molecule has 2 aromatic rings. The van der Waals surface area contributed by atoms with Crippen LogP contribution in [0.1, 0.15) is 5.56 Å². The Kier molecular flexibility index (Phi) is 4.23. The van der Waals surface area contributed by atoms with Crippen LogP contribution in [-0.4, -0.2) is 28.1 Å². The van der Waals surface area contributed by atoms with Crippen molar-refractivity contribution in [3.63, 3.8) is 0 Å². The number of para-hydroxylation sites is 1. The van der Waals surface area contributed by atoms with Crippen LogP contribution in [0.3, 0.4) is 0 Å². The number of oxime groups is 1. The molecular formula is C12H12IN5O2. The molecule has 0 spiro atoms. The number of rotatable bonds is 3. The average molecular weight is 385 g/mol. The molecule has 0 radical (unpaired) electrons. The van der Waals surface area contributed by atoms with E-state index in [-0.39, 0.29) is 11.4 Å². The van der Waals surface area contributed by atoms with Gasteiger partial charge < -0.3 is 20.8 Å². The maximum Gasteiger partial charge on any atom is 0.266 e. The first-order valence-corrected chi connectivity index (χ1v) is 6.68. The molecule has 20 heavy (non-hydrogen) atoms. The van der Waals surface area contributed by atoms with E-state index in [4.69, 9.17) is 10.9 Å². The summed E-state index contributed by atoms with van der Waals surface area (Å²) >= 11 is 1.93. The van der Waals surface area contributed by atoms with E-state index in [0.717, 1.165) is 0 Å². The second-order valence-electron chi connectivity index (χ2n) is 3.93. The predicted octanol–water partition coefficient (Wildman–Crippen LogP) is 1.24. The Balaban J connectivity index is 2.57. The second-order valence-corrected chi connectivity index (χ2v) is 5.01. The SMILES string of the molecule is CN(c1ccccc1/C(N)=N/O)c1nc[nH]c(=O)c1I. The van der Waals surface area contributed by atoms with Gasteiger partial charge in [0.1, 0.15) is 3.57 Å². The molecule has 4 N–H and O–H groups in total. The van der Waals surface area contributed by atoms with E-state index in [1.807, 2.05) is 28.7 Å². The van der Waals surface area contributed by atoms with Crippen molar-refractivity contribution in [1.82, 2.24) is 9.97 Å². The fraction of sp³-hybridized carbons (Fsp3) is 0.0833. The first-order valence-electron chi connectivity index (χ1n) is 5.60. The Hall–Kier alpha value is -2.10. The van der Waals surface area contributed by atoms with E-state index in [2.05, 4.69) is 15.1 Å². The van der Waals surface area contributed by atoms with Crippen molar-refractivity contribution >= 4 is 39.9 Å². The number of hydrogen-bond acceptors (Lipinski definition) is 5. The van der Waals surface area contributed by atoms with Crippen LogP contribution in [0.5, 0.6) is 0 Å². The monoisotopic (exact) mass is 385 g/mol. The first kappa shape index (κ1) is 14.3. The molecule has 0 fully saturated rings. The molecule has 1 heterocycles. The van der Waals surface area contributed by atoms with Gasteiger partial charge in [0.25, 0.3) is 5.56 Å². The molecule has 7 nitrogen and oxygen atoms in total. The van der Waals surface area contributed by atoms with Crippen molar-refractivity contribution in [2.75, 3.05) is 11.9 Å². The average Bonchev–Trinajstić information content (AvgIpc) is 2.48. The Morgan fingerprint density at radius 3 is 2.90 bits per heavy atom. The van der Waals surface area contributed by atoms with Gasteiger partial charge >= 0.3 is 0 Å². The van der Waals surface area contributed by atoms with Crippen LogP contribution >= 0.6 is 22.6 Å². The molecule has 0 aliphatic carbocycles. The van der Waals surface area contributed by atoms with Crippen molar-refractivity contribution in [3.05, 3.63) is 50.1 Å². The topological polar surface area (TPSA) is 108 Å². The standard InChI is InChI=1S/C12H12IN5O2/c1-18(11-9(13)12(19)16-6-15-11)8-5-3-2-4-7(8)10(14)17-20/h2-6,20H,1H3,(H2,14,17)(H,15,16,19). The van der Waals surface area contributed by atoms with Crippen LogP contribution in [0, 0.1) is 3.57 Å². The minimum Gasteiger partial charge on any atom is -0.409 e. The van der Waals surface area contributed by atoms with Crippen molar-refractivity contribution in [2.45, 2.75) is 0 Å². The zero-order valence-corrected chi connectivity index (χ0v) is 12.7. The quantitative estimate of drug-likeness (QED) is 0.242. The van der Waals surface area contributed by atoms with Crippen LogP contribution in [0.2, 0.25) is 0 Å². The van der Waals surface area contributed by atoms with Gasteiger partial charge in [-0.25, -0.2) is 4.98 Å². The Morgan fingerprint density at radius 1 is 1.50 bits per heavy atom. The highest BCUT2D eigenvalue weighted by Crippen LogP contribution is 2.27. The zero-order valence-electron chi connectivity index (χ0n) is 10.5. The van der Waals surface area contributed by atoms with E-state index < -0.39 is 0 Å². The van der Waals surface area contributed by atoms with Crippen molar-refractivity contribution in [1.29, 1.82) is 0 Å². The number of aromatic amines is 1. The maximum absolute atomic E-state index is 11.6. The van der Waals surface area contributed by atoms with E-state index in [9.17, 15) is 4.79 Å². The molecule has 104 valence electrons. The largest absolute Gasteiger partial charge is 0.409 e. The fourth-order valence-corrected chi connectivity index (χ4v) is 2.41. The minimum absolute atomic E-state index is 0.00713. The van der Waals surface area contributed by atoms with Gasteiger partial charge in [0.05, 0.1) is 12.0 Å². The summed E-state index contributed by atoms with van der Waals surface area (Å²) in [7, 11) is 1.76. The minimum atomic E-state index is -0.219. The second kappa shape index (κ2) is 5.90. The van der Waals surface area contributed by atoms with Crippen LogP contribution < -0.4 is 16.2 Å². The lowest BCUT2D eigenvalue weighted by molar-refractivity contribution is 0.318. The molecule has 0 aliphatic heterocycles. The van der Waals surface area contributed by atoms with Gasteiger partial charge in [-0.2, -0.15) is 0 Å². The summed E-state index contributed by atoms with van der Waals surface area (Å²) in [6.07, 6.45) is 1.34. The number of H-pyrrole nitrogens is 1. The summed E-state index contributed by atoms with van der Waals surface area (Å²) < 4.78 is 0.460. The maximum atomic E-state index is 11.6. The normalized spacial score (nSPS) is 11.4. The Labute approximate surface area is 128 Å². The number of nitrogens with two attached hydrogens (primary N) is 1. The lowest BCUT2D eigenvalue weighted by Crippen LogP contribution is -2.23. The molecule has 0 unspecified atom stereocenters. The molecule has 2 rings (SSSR count). The number of amidine groups is 1. The molecular weight excluding hydrogens is 373 g/mol. The van der Waals surface area contributed by atoms with E-state index in [0.29, 0.717) is 20.6 Å². The third kappa shape index (κ3) is 2.59. The van der Waals surface area contributed by atoms with E-state index >= 15 is 0 Å². The number of nitrogens with zero attached hydrogens (tertiary/aromatic N) is 3. The lowest BCUT2D eigenvalue weighted by atomic mass is 10.1. The van der Waals surface area contributed by atoms with Crippen LogP contribution in [0.25, 0.3) is 0 Å². The number of anilines is 2. The van der Waals surface area contributed by atoms with Crippen molar-refractivity contribution in [2.24, 2.45) is 10.9 Å². The molecule has 0 saturated carbocycles. The van der Waals surface area contributed by atoms with Gasteiger partial charge in [-0.1, -0.05) is 17.3 Å². The summed E-state index contributed by atoms with van der Waals surface area (Å²) in [5.74, 6) is 0.486. The smallest absolute Gasteiger partial charge is 0.266 e. The summed E-state index contributed by atoms with van der Waals surface area (Å²) in [4.78, 5) is 20.0. The van der Waals surface area contributed by atoms with Gasteiger partial charge in [-0.3, -0.25) is 4.79 Å². The lowest BCUT2D eigenvalue weighted by Gasteiger charge is -2.21. The van der Waals surface area contributed by atoms with Crippen molar-refractivity contribution in [3.8, 4) is 0 Å². The summed E-state index contributed by atoms with van der Waals surface area (Å²) in [6, 6.07) is 7.12. The third-order valence-electron chi connectivity index (χ3n) is 2.74. The molecule has 0 bridgehead atoms. The number of halogens is 1. The van der Waals surface area contributed by atoms with Crippen LogP contribution in [-0.2, 0) is 0 Å². The Bertz CT molecular complexity index is 713. The van der Waals surface area contributed by atoms with E-state index in [1.165, 1.54) is 6.33 Å². The van der Waals surface area contributed by atoms with Crippen LogP contribution in [0.4, 0.5) is 11.5 Å². The molecule has 0 amide bonds. The predicted molar refractivity (Wildman–Crippen MR) is 84.6 cm³/mol. The first-order chi connectivity index (χ1) is 9.56. The summed E-state index contributed by atoms with van der Waals surface area (Å²) in [5.41, 5.74) is 6.67. The molecule has 0 saturated heterocycles. The Morgan fingerprint density at radius 2 is 2.20 bits per heavy atom. The summed E-state index contributed by atoms with van der Waals surface area (Å²) in [5, 5.41) is 11.8. The fourth-order valence-electron chi connectivity index (χ4n) is 1.76. The highest BCUT2D eigenvalue weighted by atomic mass is 127. The van der Waals surface area contributed by atoms with Gasteiger partial charge in [0, 0.05) is 12.6 Å². The highest BCUT2D eigenvalue weighted by molar-refractivity contribution is 14.1. The van der Waals surface area contributed by atoms with Gasteiger partial charge in [-0.05, 0) is 34.7 Å². The molecule has 0 aliphatic rings. The highest BCUT2D eigenvalue weighted by Gasteiger charge is 2.16. The number of nitrogens with one attached hydrogen (secondary N) is 1. The molecule has 1 aromatic heterocycles. The zero-order chi connectivity index (χ0) is 14.7.